The number of likely N-dealkylation sites (tertiary alicyclic amines) is 1. The molecule has 1 saturated heterocycles. The molecule has 0 unspecified atom stereocenters. The predicted octanol–water partition coefficient (Wildman–Crippen LogP) is 2.48. The first kappa shape index (κ1) is 22.8. The number of benzene rings is 1. The summed E-state index contributed by atoms with van der Waals surface area (Å²) in [6.07, 6.45) is 0.950. The van der Waals surface area contributed by atoms with Crippen LogP contribution in [-0.2, 0) is 4.79 Å². The minimum absolute atomic E-state index is 0. The van der Waals surface area contributed by atoms with Crippen LogP contribution in [0.25, 0.3) is 11.5 Å². The minimum atomic E-state index is -0.922. The van der Waals surface area contributed by atoms with Gasteiger partial charge < -0.3 is 20.4 Å². The zero-order chi connectivity index (χ0) is 20.1. The van der Waals surface area contributed by atoms with Crippen molar-refractivity contribution in [2.75, 3.05) is 19.6 Å². The van der Waals surface area contributed by atoms with Gasteiger partial charge in [0.25, 0.3) is 5.91 Å². The van der Waals surface area contributed by atoms with Gasteiger partial charge in [0.05, 0.1) is 19.1 Å². The second kappa shape index (κ2) is 10.4. The Kier molecular flexibility index (Phi) is 8.16. The van der Waals surface area contributed by atoms with E-state index in [0.717, 1.165) is 5.56 Å². The Morgan fingerprint density at radius 3 is 2.66 bits per heavy atom. The van der Waals surface area contributed by atoms with E-state index in [1.165, 1.54) is 4.90 Å². The molecule has 3 N–H and O–H groups in total. The van der Waals surface area contributed by atoms with Crippen molar-refractivity contribution >= 4 is 24.2 Å². The Morgan fingerprint density at radius 1 is 1.31 bits per heavy atom. The Balaban J connectivity index is 0.00000300. The molecule has 1 atom stereocenters. The number of nitrogens with one attached hydrogen (secondary N) is 1. The molecule has 0 saturated carbocycles. The lowest BCUT2D eigenvalue weighted by Gasteiger charge is -2.36. The van der Waals surface area contributed by atoms with Gasteiger partial charge in [0.1, 0.15) is 11.9 Å². The maximum Gasteiger partial charge on any atom is 0.273 e. The Bertz CT molecular complexity index is 824. The van der Waals surface area contributed by atoms with Crippen molar-refractivity contribution in [1.82, 2.24) is 15.2 Å². The number of nitrogens with zero attached hydrogens (tertiary/aromatic N) is 2. The number of hydrogen-bond acceptors (Lipinski definition) is 5. The van der Waals surface area contributed by atoms with Crippen LogP contribution in [0.4, 0.5) is 4.39 Å². The van der Waals surface area contributed by atoms with Gasteiger partial charge in [-0.05, 0) is 38.3 Å². The Morgan fingerprint density at radius 2 is 2.00 bits per heavy atom. The fourth-order valence-corrected chi connectivity index (χ4v) is 3.05. The molecule has 2 heterocycles. The van der Waals surface area contributed by atoms with Gasteiger partial charge in [0.2, 0.25) is 11.8 Å². The molecule has 2 aromatic rings. The Labute approximate surface area is 175 Å². The van der Waals surface area contributed by atoms with E-state index in [-0.39, 0.29) is 43.0 Å². The highest BCUT2D eigenvalue weighted by molar-refractivity contribution is 5.93. The molecule has 1 aromatic heterocycles. The average molecular weight is 425 g/mol. The summed E-state index contributed by atoms with van der Waals surface area (Å²) in [5.74, 6) is 0.377. The first-order valence-corrected chi connectivity index (χ1v) is 9.45. The van der Waals surface area contributed by atoms with Gasteiger partial charge in [-0.25, -0.2) is 9.37 Å². The van der Waals surface area contributed by atoms with Gasteiger partial charge in [0, 0.05) is 12.1 Å². The molecule has 2 amide bonds. The summed E-state index contributed by atoms with van der Waals surface area (Å²) in [6, 6.07) is 8.77. The molecular formula is C20H26ClFN4O3. The lowest BCUT2D eigenvalue weighted by molar-refractivity contribution is -0.139. The van der Waals surface area contributed by atoms with E-state index in [1.54, 1.807) is 6.92 Å². The Hall–Kier alpha value is -2.45. The number of unbranched alkanes of at least 4 members (excludes halogenated alkanes) is 1. The van der Waals surface area contributed by atoms with Gasteiger partial charge in [-0.2, -0.15) is 0 Å². The van der Waals surface area contributed by atoms with Crippen molar-refractivity contribution in [2.45, 2.75) is 38.4 Å². The van der Waals surface area contributed by atoms with E-state index in [0.29, 0.717) is 37.5 Å². The largest absolute Gasteiger partial charge is 0.441 e. The van der Waals surface area contributed by atoms with E-state index in [1.807, 2.05) is 30.3 Å². The van der Waals surface area contributed by atoms with Crippen molar-refractivity contribution in [2.24, 2.45) is 5.73 Å². The molecule has 0 aliphatic carbocycles. The first-order chi connectivity index (χ1) is 13.5. The molecule has 1 fully saturated rings. The molecule has 3 rings (SSSR count). The summed E-state index contributed by atoms with van der Waals surface area (Å²) in [6.45, 7) is 2.44. The smallest absolute Gasteiger partial charge is 0.273 e. The number of halogens is 2. The van der Waals surface area contributed by atoms with Crippen molar-refractivity contribution < 1.29 is 18.4 Å². The zero-order valence-corrected chi connectivity index (χ0v) is 17.1. The van der Waals surface area contributed by atoms with Crippen LogP contribution in [0.1, 0.15) is 35.5 Å². The quantitative estimate of drug-likeness (QED) is 0.634. The van der Waals surface area contributed by atoms with Gasteiger partial charge in [0.15, 0.2) is 5.69 Å². The molecule has 1 aliphatic heterocycles. The maximum atomic E-state index is 12.8. The molecule has 9 heteroatoms. The molecule has 0 bridgehead atoms. The number of oxazole rings is 1. The number of carbonyl (C=O) groups excluding carboxylic acids is 2. The molecule has 1 aromatic carbocycles. The van der Waals surface area contributed by atoms with Gasteiger partial charge in [-0.3, -0.25) is 9.59 Å². The van der Waals surface area contributed by atoms with Crippen LogP contribution in [0.15, 0.2) is 34.7 Å². The summed E-state index contributed by atoms with van der Waals surface area (Å²) in [7, 11) is 0. The fraction of sp³-hybridized carbons (Fsp3) is 0.450. The summed E-state index contributed by atoms with van der Waals surface area (Å²) in [5.41, 5.74) is 6.94. The number of carbonyl (C=O) groups is 2. The highest BCUT2D eigenvalue weighted by Crippen LogP contribution is 2.21. The van der Waals surface area contributed by atoms with Crippen LogP contribution in [0.2, 0.25) is 0 Å². The highest BCUT2D eigenvalue weighted by atomic mass is 35.5. The molecule has 0 spiro atoms. The lowest BCUT2D eigenvalue weighted by Crippen LogP contribution is -2.56. The summed E-state index contributed by atoms with van der Waals surface area (Å²) in [5, 5.41) is 2.81. The van der Waals surface area contributed by atoms with Gasteiger partial charge in [-0.15, -0.1) is 12.4 Å². The third-order valence-corrected chi connectivity index (χ3v) is 4.73. The monoisotopic (exact) mass is 424 g/mol. The van der Waals surface area contributed by atoms with Crippen molar-refractivity contribution in [3.8, 4) is 11.5 Å². The van der Waals surface area contributed by atoms with Crippen molar-refractivity contribution in [3.63, 3.8) is 0 Å². The second-order valence-electron chi connectivity index (χ2n) is 6.99. The summed E-state index contributed by atoms with van der Waals surface area (Å²) in [4.78, 5) is 30.0. The molecule has 158 valence electrons. The van der Waals surface area contributed by atoms with Crippen molar-refractivity contribution in [1.29, 1.82) is 0 Å². The number of hydrogen-bond donors (Lipinski definition) is 2. The van der Waals surface area contributed by atoms with Crippen molar-refractivity contribution in [3.05, 3.63) is 41.8 Å². The number of alkyl halides is 1. The first-order valence-electron chi connectivity index (χ1n) is 9.45. The molecule has 7 nitrogen and oxygen atoms in total. The maximum absolute atomic E-state index is 12.8. The molecular weight excluding hydrogens is 399 g/mol. The number of amides is 2. The van der Waals surface area contributed by atoms with E-state index in [2.05, 4.69) is 10.3 Å². The van der Waals surface area contributed by atoms with Crippen LogP contribution >= 0.6 is 12.4 Å². The van der Waals surface area contributed by atoms with E-state index >= 15 is 0 Å². The number of nitrogens with two attached hydrogens (primary N) is 1. The second-order valence-corrected chi connectivity index (χ2v) is 6.99. The average Bonchev–Trinajstić information content (AvgIpc) is 3.07. The van der Waals surface area contributed by atoms with Gasteiger partial charge in [-0.1, -0.05) is 18.2 Å². The number of rotatable bonds is 8. The number of aromatic nitrogens is 1. The van der Waals surface area contributed by atoms with Crippen LogP contribution in [0.3, 0.4) is 0 Å². The van der Waals surface area contributed by atoms with Crippen LogP contribution < -0.4 is 11.1 Å². The van der Waals surface area contributed by atoms with Crippen LogP contribution in [-0.4, -0.2) is 53.5 Å². The van der Waals surface area contributed by atoms with Crippen LogP contribution in [0.5, 0.6) is 0 Å². The molecule has 1 aliphatic rings. The normalized spacial score (nSPS) is 14.7. The van der Waals surface area contributed by atoms with Crippen LogP contribution in [0, 0.1) is 6.92 Å². The highest BCUT2D eigenvalue weighted by Gasteiger charge is 2.32. The molecule has 0 radical (unpaired) electrons. The fourth-order valence-electron chi connectivity index (χ4n) is 3.05. The summed E-state index contributed by atoms with van der Waals surface area (Å²) >= 11 is 0. The number of aryl methyl sites for hydroxylation is 1. The van der Waals surface area contributed by atoms with Gasteiger partial charge >= 0.3 is 0 Å². The third-order valence-electron chi connectivity index (χ3n) is 4.73. The van der Waals surface area contributed by atoms with E-state index in [4.69, 9.17) is 10.2 Å². The third kappa shape index (κ3) is 5.77. The lowest BCUT2D eigenvalue weighted by atomic mass is 10.1. The minimum Gasteiger partial charge on any atom is -0.441 e. The standard InChI is InChI=1S/C20H25FN4O3.ClH/c1-13-17(24-19(28-13)14-7-3-2-4-8-14)18(26)23-10-6-5-9-16(22)20(27)25-11-15(21)12-25;/h2-4,7-8,15-16H,5-6,9-12,22H2,1H3,(H,23,26);1H/t16-;/m0./s1. The topological polar surface area (TPSA) is 101 Å². The SMILES string of the molecule is Cc1oc(-c2ccccc2)nc1C(=O)NCCCC[C@H](N)C(=O)N1CC(F)C1.Cl. The van der Waals surface area contributed by atoms with E-state index in [9.17, 15) is 14.0 Å². The summed E-state index contributed by atoms with van der Waals surface area (Å²) < 4.78 is 18.4. The van der Waals surface area contributed by atoms with E-state index < -0.39 is 12.2 Å². The zero-order valence-electron chi connectivity index (χ0n) is 16.3. The molecule has 29 heavy (non-hydrogen) atoms. The predicted molar refractivity (Wildman–Crippen MR) is 110 cm³/mol.